The van der Waals surface area contributed by atoms with Crippen molar-refractivity contribution in [3.05, 3.63) is 52.7 Å². The third-order valence-corrected chi connectivity index (χ3v) is 6.43. The summed E-state index contributed by atoms with van der Waals surface area (Å²) >= 11 is 0. The van der Waals surface area contributed by atoms with Gasteiger partial charge in [0.05, 0.1) is 18.7 Å². The number of nitrogens with one attached hydrogen (secondary N) is 2. The van der Waals surface area contributed by atoms with Crippen LogP contribution in [0.3, 0.4) is 0 Å². The number of nitrogens with zero attached hydrogens (tertiary/aromatic N) is 4. The van der Waals surface area contributed by atoms with Gasteiger partial charge in [-0.2, -0.15) is 5.26 Å². The van der Waals surface area contributed by atoms with Gasteiger partial charge in [0.15, 0.2) is 0 Å². The molecule has 0 unspecified atom stereocenters. The number of amides is 2. The number of benzene rings is 1. The highest BCUT2D eigenvalue weighted by atomic mass is 16.5. The van der Waals surface area contributed by atoms with Crippen LogP contribution >= 0.6 is 0 Å². The van der Waals surface area contributed by atoms with Gasteiger partial charge in [-0.1, -0.05) is 30.3 Å². The number of rotatable bonds is 11. The Morgan fingerprint density at radius 3 is 2.26 bits per heavy atom. The Labute approximate surface area is 207 Å². The fourth-order valence-corrected chi connectivity index (χ4v) is 4.28. The maximum absolute atomic E-state index is 12.9. The number of hydrogen-bond donors (Lipinski definition) is 2. The van der Waals surface area contributed by atoms with E-state index in [4.69, 9.17) is 4.74 Å². The summed E-state index contributed by atoms with van der Waals surface area (Å²) in [4.78, 5) is 29.2. The Balaban J connectivity index is 1.53. The molecule has 1 aromatic carbocycles. The SMILES string of the molecule is COCCCNC(=O)CN1CCN(CC(=O)Nc2c(C#N)c(C)c(C)n2Cc2ccccc2)CC1. The number of methoxy groups -OCH3 is 1. The first-order valence-corrected chi connectivity index (χ1v) is 12.1. The summed E-state index contributed by atoms with van der Waals surface area (Å²) in [5.41, 5.74) is 3.46. The van der Waals surface area contributed by atoms with Crippen molar-refractivity contribution in [2.24, 2.45) is 0 Å². The Hall–Kier alpha value is -3.19. The summed E-state index contributed by atoms with van der Waals surface area (Å²) in [6, 6.07) is 12.3. The average Bonchev–Trinajstić information content (AvgIpc) is 3.07. The second-order valence-corrected chi connectivity index (χ2v) is 8.91. The fraction of sp³-hybridized carbons (Fsp3) is 0.500. The zero-order valence-corrected chi connectivity index (χ0v) is 21.0. The molecule has 2 N–H and O–H groups in total. The van der Waals surface area contributed by atoms with Crippen molar-refractivity contribution in [3.8, 4) is 6.07 Å². The van der Waals surface area contributed by atoms with Gasteiger partial charge in [0.2, 0.25) is 11.8 Å². The molecule has 1 aliphatic heterocycles. The molecule has 188 valence electrons. The van der Waals surface area contributed by atoms with E-state index in [1.807, 2.05) is 48.7 Å². The number of ether oxygens (including phenoxy) is 1. The molecule has 0 atom stereocenters. The Morgan fingerprint density at radius 2 is 1.66 bits per heavy atom. The van der Waals surface area contributed by atoms with Crippen LogP contribution < -0.4 is 10.6 Å². The molecular formula is C26H36N6O3. The largest absolute Gasteiger partial charge is 0.385 e. The molecule has 35 heavy (non-hydrogen) atoms. The van der Waals surface area contributed by atoms with Gasteiger partial charge in [0, 0.05) is 58.7 Å². The standard InChI is InChI=1S/C26H36N6O3/c1-20-21(2)32(17-22-8-5-4-6-9-22)26(23(20)16-27)29-25(34)19-31-13-11-30(12-14-31)18-24(33)28-10-7-15-35-3/h4-6,8-9H,7,10-15,17-19H2,1-3H3,(H,28,33)(H,29,34). The first-order chi connectivity index (χ1) is 16.9. The van der Waals surface area contributed by atoms with Crippen molar-refractivity contribution >= 4 is 17.6 Å². The van der Waals surface area contributed by atoms with Gasteiger partial charge in [-0.15, -0.1) is 0 Å². The summed E-state index contributed by atoms with van der Waals surface area (Å²) in [6.45, 7) is 9.19. The van der Waals surface area contributed by atoms with E-state index < -0.39 is 0 Å². The third-order valence-electron chi connectivity index (χ3n) is 6.43. The first-order valence-electron chi connectivity index (χ1n) is 12.1. The van der Waals surface area contributed by atoms with Crippen molar-refractivity contribution in [1.82, 2.24) is 19.7 Å². The molecule has 0 spiro atoms. The Morgan fingerprint density at radius 1 is 1.03 bits per heavy atom. The fourth-order valence-electron chi connectivity index (χ4n) is 4.28. The van der Waals surface area contributed by atoms with E-state index in [0.717, 1.165) is 36.3 Å². The van der Waals surface area contributed by atoms with Crippen molar-refractivity contribution < 1.29 is 14.3 Å². The Kier molecular flexibility index (Phi) is 9.85. The minimum atomic E-state index is -0.141. The smallest absolute Gasteiger partial charge is 0.239 e. The van der Waals surface area contributed by atoms with Gasteiger partial charge in [-0.3, -0.25) is 19.4 Å². The van der Waals surface area contributed by atoms with Crippen LogP contribution in [0, 0.1) is 25.2 Å². The minimum Gasteiger partial charge on any atom is -0.385 e. The van der Waals surface area contributed by atoms with Crippen LogP contribution in [0.2, 0.25) is 0 Å². The number of carbonyl (C=O) groups excluding carboxylic acids is 2. The van der Waals surface area contributed by atoms with E-state index in [2.05, 4.69) is 26.5 Å². The van der Waals surface area contributed by atoms with Gasteiger partial charge in [0.25, 0.3) is 0 Å². The summed E-state index contributed by atoms with van der Waals surface area (Å²) in [5, 5.41) is 15.7. The second-order valence-electron chi connectivity index (χ2n) is 8.91. The lowest BCUT2D eigenvalue weighted by atomic mass is 10.2. The molecule has 9 heteroatoms. The Bertz CT molecular complexity index is 1040. The van der Waals surface area contributed by atoms with E-state index in [1.165, 1.54) is 0 Å². The summed E-state index contributed by atoms with van der Waals surface area (Å²) < 4.78 is 6.99. The van der Waals surface area contributed by atoms with Crippen LogP contribution in [0.25, 0.3) is 0 Å². The maximum atomic E-state index is 12.9. The van der Waals surface area contributed by atoms with Crippen LogP contribution in [0.5, 0.6) is 0 Å². The van der Waals surface area contributed by atoms with Gasteiger partial charge < -0.3 is 19.9 Å². The molecule has 2 heterocycles. The summed E-state index contributed by atoms with van der Waals surface area (Å²) in [7, 11) is 1.65. The molecule has 9 nitrogen and oxygen atoms in total. The van der Waals surface area contributed by atoms with E-state index in [-0.39, 0.29) is 18.4 Å². The molecule has 1 aliphatic rings. The lowest BCUT2D eigenvalue weighted by molar-refractivity contribution is -0.123. The van der Waals surface area contributed by atoms with Crippen molar-refractivity contribution in [2.45, 2.75) is 26.8 Å². The van der Waals surface area contributed by atoms with Crippen LogP contribution in [0.1, 0.15) is 28.8 Å². The molecule has 0 radical (unpaired) electrons. The van der Waals surface area contributed by atoms with E-state index in [0.29, 0.717) is 50.7 Å². The van der Waals surface area contributed by atoms with E-state index in [1.54, 1.807) is 7.11 Å². The molecule has 2 amide bonds. The van der Waals surface area contributed by atoms with Crippen molar-refractivity contribution in [1.29, 1.82) is 5.26 Å². The monoisotopic (exact) mass is 480 g/mol. The van der Waals surface area contributed by atoms with Gasteiger partial charge in [0.1, 0.15) is 11.9 Å². The number of nitriles is 1. The zero-order chi connectivity index (χ0) is 25.2. The average molecular weight is 481 g/mol. The number of anilines is 1. The highest BCUT2D eigenvalue weighted by Gasteiger charge is 2.23. The summed E-state index contributed by atoms with van der Waals surface area (Å²) in [6.07, 6.45) is 0.798. The molecular weight excluding hydrogens is 444 g/mol. The normalized spacial score (nSPS) is 14.5. The van der Waals surface area contributed by atoms with Crippen LogP contribution in [0.4, 0.5) is 5.82 Å². The highest BCUT2D eigenvalue weighted by Crippen LogP contribution is 2.27. The zero-order valence-electron chi connectivity index (χ0n) is 21.0. The van der Waals surface area contributed by atoms with Crippen LogP contribution in [-0.2, 0) is 20.9 Å². The summed E-state index contributed by atoms with van der Waals surface area (Å²) in [5.74, 6) is 0.430. The number of aromatic nitrogens is 1. The van der Waals surface area contributed by atoms with Crippen LogP contribution in [0.15, 0.2) is 30.3 Å². The van der Waals surface area contributed by atoms with Crippen LogP contribution in [-0.4, -0.2) is 85.7 Å². The molecule has 1 saturated heterocycles. The lowest BCUT2D eigenvalue weighted by Gasteiger charge is -2.33. The quantitative estimate of drug-likeness (QED) is 0.475. The lowest BCUT2D eigenvalue weighted by Crippen LogP contribution is -2.51. The molecule has 0 aliphatic carbocycles. The molecule has 1 aromatic heterocycles. The molecule has 0 bridgehead atoms. The van der Waals surface area contributed by atoms with Crippen molar-refractivity contribution in [3.63, 3.8) is 0 Å². The number of hydrogen-bond acceptors (Lipinski definition) is 6. The molecule has 0 saturated carbocycles. The van der Waals surface area contributed by atoms with E-state index in [9.17, 15) is 14.9 Å². The molecule has 3 rings (SSSR count). The topological polar surface area (TPSA) is 103 Å². The highest BCUT2D eigenvalue weighted by molar-refractivity contribution is 5.93. The predicted octanol–water partition coefficient (Wildman–Crippen LogP) is 1.73. The van der Waals surface area contributed by atoms with Gasteiger partial charge in [-0.05, 0) is 31.4 Å². The number of carbonyl (C=O) groups is 2. The first kappa shape index (κ1) is 26.4. The van der Waals surface area contributed by atoms with E-state index >= 15 is 0 Å². The second kappa shape index (κ2) is 13.0. The molecule has 1 fully saturated rings. The van der Waals surface area contributed by atoms with Gasteiger partial charge >= 0.3 is 0 Å². The van der Waals surface area contributed by atoms with Crippen molar-refractivity contribution in [2.75, 3.05) is 64.8 Å². The number of piperazine rings is 1. The third kappa shape index (κ3) is 7.39. The predicted molar refractivity (Wildman–Crippen MR) is 135 cm³/mol. The maximum Gasteiger partial charge on any atom is 0.239 e. The molecule has 2 aromatic rings. The minimum absolute atomic E-state index is 0.0150. The van der Waals surface area contributed by atoms with Gasteiger partial charge in [-0.25, -0.2) is 0 Å².